The summed E-state index contributed by atoms with van der Waals surface area (Å²) in [6, 6.07) is 12.0. The van der Waals surface area contributed by atoms with Crippen LogP contribution in [0.1, 0.15) is 35.2 Å². The molecular formula is C22H28N2O5S. The molecule has 0 unspecified atom stereocenters. The van der Waals surface area contributed by atoms with Crippen molar-refractivity contribution in [3.05, 3.63) is 53.6 Å². The Balaban J connectivity index is 1.84. The van der Waals surface area contributed by atoms with Gasteiger partial charge in [-0.15, -0.1) is 0 Å². The molecule has 7 nitrogen and oxygen atoms in total. The van der Waals surface area contributed by atoms with Crippen molar-refractivity contribution in [3.63, 3.8) is 0 Å². The van der Waals surface area contributed by atoms with Gasteiger partial charge in [0.15, 0.2) is 0 Å². The molecule has 1 fully saturated rings. The van der Waals surface area contributed by atoms with Gasteiger partial charge in [-0.2, -0.15) is 4.31 Å². The second-order valence-corrected chi connectivity index (χ2v) is 9.25. The van der Waals surface area contributed by atoms with Crippen LogP contribution in [0.4, 0.5) is 0 Å². The minimum Gasteiger partial charge on any atom is -0.497 e. The minimum atomic E-state index is -3.73. The van der Waals surface area contributed by atoms with Crippen LogP contribution in [0.15, 0.2) is 47.4 Å². The Hall–Kier alpha value is -2.58. The summed E-state index contributed by atoms with van der Waals surface area (Å²) in [5.74, 6) is 0.731. The van der Waals surface area contributed by atoms with Gasteiger partial charge in [0.25, 0.3) is 5.91 Å². The Morgan fingerprint density at radius 1 is 1.00 bits per heavy atom. The molecule has 0 bridgehead atoms. The summed E-state index contributed by atoms with van der Waals surface area (Å²) in [5.41, 5.74) is 1.25. The van der Waals surface area contributed by atoms with Crippen LogP contribution in [0.2, 0.25) is 0 Å². The molecule has 1 aliphatic rings. The third-order valence-electron chi connectivity index (χ3n) is 5.27. The third kappa shape index (κ3) is 4.76. The van der Waals surface area contributed by atoms with Crippen molar-refractivity contribution in [2.45, 2.75) is 30.7 Å². The maximum atomic E-state index is 13.2. The number of ether oxygens (including phenoxy) is 2. The van der Waals surface area contributed by atoms with Gasteiger partial charge in [0.2, 0.25) is 10.0 Å². The van der Waals surface area contributed by atoms with Gasteiger partial charge in [-0.1, -0.05) is 18.6 Å². The van der Waals surface area contributed by atoms with Crippen molar-refractivity contribution in [1.29, 1.82) is 0 Å². The fourth-order valence-corrected chi connectivity index (χ4v) is 5.25. The van der Waals surface area contributed by atoms with E-state index in [9.17, 15) is 13.2 Å². The standard InChI is InChI=1S/C22H28N2O5S/c1-23(16-17-7-10-19(28-2)11-8-17)22(25)18-9-12-20(29-3)21(15-18)30(26,27)24-13-5-4-6-14-24/h7-12,15H,4-6,13-14,16H2,1-3H3. The first-order valence-corrected chi connectivity index (χ1v) is 11.4. The summed E-state index contributed by atoms with van der Waals surface area (Å²) in [7, 11) is 0.994. The van der Waals surface area contributed by atoms with Gasteiger partial charge in [0.05, 0.1) is 14.2 Å². The summed E-state index contributed by atoms with van der Waals surface area (Å²) in [4.78, 5) is 14.6. The lowest BCUT2D eigenvalue weighted by molar-refractivity contribution is 0.0785. The molecule has 0 aromatic heterocycles. The van der Waals surface area contributed by atoms with Crippen LogP contribution in [0.3, 0.4) is 0 Å². The smallest absolute Gasteiger partial charge is 0.253 e. The highest BCUT2D eigenvalue weighted by molar-refractivity contribution is 7.89. The number of rotatable bonds is 7. The van der Waals surface area contributed by atoms with Crippen molar-refractivity contribution in [2.24, 2.45) is 0 Å². The van der Waals surface area contributed by atoms with Gasteiger partial charge in [0, 0.05) is 32.2 Å². The molecule has 0 atom stereocenters. The Bertz CT molecular complexity index is 983. The van der Waals surface area contributed by atoms with Crippen LogP contribution < -0.4 is 9.47 Å². The highest BCUT2D eigenvalue weighted by Crippen LogP contribution is 2.30. The van der Waals surface area contributed by atoms with Gasteiger partial charge in [-0.25, -0.2) is 8.42 Å². The molecule has 0 saturated carbocycles. The monoisotopic (exact) mass is 432 g/mol. The van der Waals surface area contributed by atoms with Crippen molar-refractivity contribution < 1.29 is 22.7 Å². The second-order valence-electron chi connectivity index (χ2n) is 7.34. The van der Waals surface area contributed by atoms with E-state index in [0.29, 0.717) is 25.2 Å². The Morgan fingerprint density at radius 2 is 1.67 bits per heavy atom. The predicted molar refractivity (Wildman–Crippen MR) is 114 cm³/mol. The molecule has 0 aliphatic carbocycles. The quantitative estimate of drug-likeness (QED) is 0.672. The SMILES string of the molecule is COc1ccc(CN(C)C(=O)c2ccc(OC)c(S(=O)(=O)N3CCCCC3)c2)cc1. The number of methoxy groups -OCH3 is 2. The number of nitrogens with zero attached hydrogens (tertiary/aromatic N) is 2. The molecule has 30 heavy (non-hydrogen) atoms. The average molecular weight is 433 g/mol. The minimum absolute atomic E-state index is 0.0376. The second kappa shape index (κ2) is 9.49. The van der Waals surface area contributed by atoms with Crippen LogP contribution in [0, 0.1) is 0 Å². The molecule has 2 aromatic rings. The number of amides is 1. The van der Waals surface area contributed by atoms with E-state index in [-0.39, 0.29) is 16.6 Å². The summed E-state index contributed by atoms with van der Waals surface area (Å²) in [6.07, 6.45) is 2.70. The summed E-state index contributed by atoms with van der Waals surface area (Å²) in [6.45, 7) is 1.37. The summed E-state index contributed by atoms with van der Waals surface area (Å²) < 4.78 is 38.3. The van der Waals surface area contributed by atoms with E-state index in [0.717, 1.165) is 30.6 Å². The largest absolute Gasteiger partial charge is 0.497 e. The van der Waals surface area contributed by atoms with E-state index in [1.165, 1.54) is 17.5 Å². The van der Waals surface area contributed by atoms with Gasteiger partial charge in [-0.05, 0) is 48.7 Å². The zero-order chi connectivity index (χ0) is 21.7. The highest BCUT2D eigenvalue weighted by Gasteiger charge is 2.30. The molecule has 0 N–H and O–H groups in total. The number of benzene rings is 2. The zero-order valence-corrected chi connectivity index (χ0v) is 18.4. The number of carbonyl (C=O) groups is 1. The van der Waals surface area contributed by atoms with E-state index in [2.05, 4.69) is 0 Å². The van der Waals surface area contributed by atoms with Gasteiger partial charge < -0.3 is 14.4 Å². The molecule has 0 spiro atoms. The lowest BCUT2D eigenvalue weighted by Crippen LogP contribution is -2.36. The molecule has 1 amide bonds. The maximum absolute atomic E-state index is 13.2. The molecule has 8 heteroatoms. The van der Waals surface area contributed by atoms with Crippen molar-refractivity contribution in [3.8, 4) is 11.5 Å². The lowest BCUT2D eigenvalue weighted by atomic mass is 10.1. The topological polar surface area (TPSA) is 76.1 Å². The maximum Gasteiger partial charge on any atom is 0.253 e. The Labute approximate surface area is 178 Å². The van der Waals surface area contributed by atoms with E-state index in [1.54, 1.807) is 31.2 Å². The fourth-order valence-electron chi connectivity index (χ4n) is 3.55. The van der Waals surface area contributed by atoms with Gasteiger partial charge >= 0.3 is 0 Å². The summed E-state index contributed by atoms with van der Waals surface area (Å²) >= 11 is 0. The first kappa shape index (κ1) is 22.1. The molecule has 1 saturated heterocycles. The Morgan fingerprint density at radius 3 is 2.27 bits per heavy atom. The number of hydrogen-bond acceptors (Lipinski definition) is 5. The Kier molecular flexibility index (Phi) is 6.99. The first-order valence-electron chi connectivity index (χ1n) is 9.93. The lowest BCUT2D eigenvalue weighted by Gasteiger charge is -2.27. The first-order chi connectivity index (χ1) is 14.4. The highest BCUT2D eigenvalue weighted by atomic mass is 32.2. The molecule has 3 rings (SSSR count). The van der Waals surface area contributed by atoms with Crippen LogP contribution >= 0.6 is 0 Å². The van der Waals surface area contributed by atoms with E-state index < -0.39 is 10.0 Å². The molecule has 162 valence electrons. The van der Waals surface area contributed by atoms with Crippen LogP contribution in [0.5, 0.6) is 11.5 Å². The molecule has 1 aliphatic heterocycles. The van der Waals surface area contributed by atoms with E-state index in [4.69, 9.17) is 9.47 Å². The number of hydrogen-bond donors (Lipinski definition) is 0. The van der Waals surface area contributed by atoms with Crippen LogP contribution in [-0.2, 0) is 16.6 Å². The van der Waals surface area contributed by atoms with Crippen molar-refractivity contribution in [2.75, 3.05) is 34.4 Å². The van der Waals surface area contributed by atoms with Crippen LogP contribution in [0.25, 0.3) is 0 Å². The van der Waals surface area contributed by atoms with Crippen LogP contribution in [-0.4, -0.2) is 57.9 Å². The van der Waals surface area contributed by atoms with Gasteiger partial charge in [-0.3, -0.25) is 4.79 Å². The third-order valence-corrected chi connectivity index (χ3v) is 7.19. The van der Waals surface area contributed by atoms with Crippen molar-refractivity contribution in [1.82, 2.24) is 9.21 Å². The fraction of sp³-hybridized carbons (Fsp3) is 0.409. The van der Waals surface area contributed by atoms with E-state index >= 15 is 0 Å². The van der Waals surface area contributed by atoms with Crippen molar-refractivity contribution >= 4 is 15.9 Å². The average Bonchev–Trinajstić information content (AvgIpc) is 2.79. The summed E-state index contributed by atoms with van der Waals surface area (Å²) in [5, 5.41) is 0. The number of piperidine rings is 1. The van der Waals surface area contributed by atoms with Gasteiger partial charge in [0.1, 0.15) is 16.4 Å². The van der Waals surface area contributed by atoms with E-state index in [1.807, 2.05) is 24.3 Å². The molecule has 1 heterocycles. The normalized spacial score (nSPS) is 14.9. The zero-order valence-electron chi connectivity index (χ0n) is 17.6. The molecular weight excluding hydrogens is 404 g/mol. The number of sulfonamides is 1. The molecule has 0 radical (unpaired) electrons. The predicted octanol–water partition coefficient (Wildman–Crippen LogP) is 3.15. The number of carbonyl (C=O) groups excluding carboxylic acids is 1. The molecule has 2 aromatic carbocycles.